The van der Waals surface area contributed by atoms with Crippen molar-refractivity contribution < 1.29 is 9.53 Å². The van der Waals surface area contributed by atoms with E-state index in [4.69, 9.17) is 4.74 Å². The molecule has 0 spiro atoms. The lowest BCUT2D eigenvalue weighted by Gasteiger charge is -2.42. The first-order chi connectivity index (χ1) is 11.1. The lowest BCUT2D eigenvalue weighted by molar-refractivity contribution is -0.149. The van der Waals surface area contributed by atoms with Gasteiger partial charge in [0.05, 0.1) is 12.0 Å². The molecular formula is C18H35N3O2. The number of nitrogens with zero attached hydrogens (tertiary/aromatic N) is 2. The van der Waals surface area contributed by atoms with Crippen LogP contribution in [0, 0.1) is 11.3 Å². The number of carbonyl (C=O) groups is 1. The fourth-order valence-electron chi connectivity index (χ4n) is 4.10. The summed E-state index contributed by atoms with van der Waals surface area (Å²) < 4.78 is 5.42. The average Bonchev–Trinajstić information content (AvgIpc) is 2.60. The van der Waals surface area contributed by atoms with Gasteiger partial charge in [0.1, 0.15) is 0 Å². The number of hydrogen-bond donors (Lipinski definition) is 1. The second-order valence-corrected chi connectivity index (χ2v) is 7.18. The summed E-state index contributed by atoms with van der Waals surface area (Å²) in [7, 11) is 1.72. The van der Waals surface area contributed by atoms with Crippen molar-refractivity contribution >= 4 is 5.91 Å². The Balaban J connectivity index is 1.89. The summed E-state index contributed by atoms with van der Waals surface area (Å²) in [4.78, 5) is 17.7. The Kier molecular flexibility index (Phi) is 7.31. The van der Waals surface area contributed by atoms with Crippen LogP contribution < -0.4 is 5.32 Å². The van der Waals surface area contributed by atoms with Gasteiger partial charge in [-0.3, -0.25) is 4.79 Å². The Bertz CT molecular complexity index is 352. The van der Waals surface area contributed by atoms with Crippen LogP contribution in [0.4, 0.5) is 0 Å². The Morgan fingerprint density at radius 2 is 1.83 bits per heavy atom. The predicted molar refractivity (Wildman–Crippen MR) is 93.5 cm³/mol. The maximum absolute atomic E-state index is 13.1. The smallest absolute Gasteiger partial charge is 0.231 e. The first-order valence-electron chi connectivity index (χ1n) is 9.36. The molecule has 0 aromatic heterocycles. The molecule has 23 heavy (non-hydrogen) atoms. The highest BCUT2D eigenvalue weighted by Gasteiger charge is 2.42. The van der Waals surface area contributed by atoms with Gasteiger partial charge in [0.25, 0.3) is 0 Å². The fraction of sp³-hybridized carbons (Fsp3) is 0.944. The molecule has 5 heteroatoms. The van der Waals surface area contributed by atoms with Crippen LogP contribution in [0.15, 0.2) is 0 Å². The molecule has 2 saturated heterocycles. The third-order valence-corrected chi connectivity index (χ3v) is 5.75. The van der Waals surface area contributed by atoms with Crippen LogP contribution >= 0.6 is 0 Å². The number of piperidine rings is 2. The number of rotatable bonds is 7. The van der Waals surface area contributed by atoms with Gasteiger partial charge in [-0.15, -0.1) is 0 Å². The van der Waals surface area contributed by atoms with Gasteiger partial charge in [-0.25, -0.2) is 0 Å². The summed E-state index contributed by atoms with van der Waals surface area (Å²) >= 11 is 0. The molecule has 1 N–H and O–H groups in total. The molecule has 1 amide bonds. The van der Waals surface area contributed by atoms with E-state index in [9.17, 15) is 4.79 Å². The second-order valence-electron chi connectivity index (χ2n) is 7.18. The molecule has 0 aliphatic carbocycles. The summed E-state index contributed by atoms with van der Waals surface area (Å²) in [6.45, 7) is 12.1. The van der Waals surface area contributed by atoms with Gasteiger partial charge in [0.2, 0.25) is 5.91 Å². The van der Waals surface area contributed by atoms with E-state index in [2.05, 4.69) is 29.0 Å². The van der Waals surface area contributed by atoms with Crippen molar-refractivity contribution in [2.75, 3.05) is 59.5 Å². The Hall–Kier alpha value is -0.650. The van der Waals surface area contributed by atoms with Crippen molar-refractivity contribution in [3.63, 3.8) is 0 Å². The van der Waals surface area contributed by atoms with Crippen molar-refractivity contribution in [2.24, 2.45) is 11.3 Å². The number of likely N-dealkylation sites (tertiary alicyclic amines) is 1. The molecule has 2 aliphatic heterocycles. The Labute approximate surface area is 141 Å². The van der Waals surface area contributed by atoms with E-state index < -0.39 is 0 Å². The van der Waals surface area contributed by atoms with Crippen LogP contribution in [0.3, 0.4) is 0 Å². The lowest BCUT2D eigenvalue weighted by Crippen LogP contribution is -2.53. The quantitative estimate of drug-likeness (QED) is 0.772. The summed E-state index contributed by atoms with van der Waals surface area (Å²) in [5.41, 5.74) is -0.286. The topological polar surface area (TPSA) is 44.8 Å². The minimum Gasteiger partial charge on any atom is -0.384 e. The largest absolute Gasteiger partial charge is 0.384 e. The zero-order valence-corrected chi connectivity index (χ0v) is 15.3. The molecule has 0 aromatic rings. The summed E-state index contributed by atoms with van der Waals surface area (Å²) in [5, 5.41) is 3.37. The normalized spacial score (nSPS) is 22.5. The minimum absolute atomic E-state index is 0.286. The fourth-order valence-corrected chi connectivity index (χ4v) is 4.10. The van der Waals surface area contributed by atoms with E-state index in [1.54, 1.807) is 7.11 Å². The van der Waals surface area contributed by atoms with Crippen LogP contribution in [0.2, 0.25) is 0 Å². The molecule has 0 atom stereocenters. The monoisotopic (exact) mass is 325 g/mol. The number of methoxy groups -OCH3 is 1. The van der Waals surface area contributed by atoms with Crippen LogP contribution in [0.25, 0.3) is 0 Å². The van der Waals surface area contributed by atoms with Crippen molar-refractivity contribution in [2.45, 2.75) is 39.5 Å². The molecule has 0 radical (unpaired) electrons. The predicted octanol–water partition coefficient (Wildman–Crippen LogP) is 1.58. The number of hydrogen-bond acceptors (Lipinski definition) is 4. The summed E-state index contributed by atoms with van der Waals surface area (Å²) in [6, 6.07) is 0. The summed E-state index contributed by atoms with van der Waals surface area (Å²) in [5.74, 6) is 1.08. The number of amides is 1. The molecule has 2 fully saturated rings. The average molecular weight is 325 g/mol. The van der Waals surface area contributed by atoms with Crippen molar-refractivity contribution in [1.29, 1.82) is 0 Å². The van der Waals surface area contributed by atoms with Crippen molar-refractivity contribution in [1.82, 2.24) is 15.1 Å². The molecule has 2 heterocycles. The van der Waals surface area contributed by atoms with Gasteiger partial charge in [0.15, 0.2) is 0 Å². The van der Waals surface area contributed by atoms with Crippen LogP contribution in [-0.4, -0.2) is 75.2 Å². The first kappa shape index (κ1) is 18.7. The van der Waals surface area contributed by atoms with Crippen molar-refractivity contribution in [3.8, 4) is 0 Å². The van der Waals surface area contributed by atoms with Gasteiger partial charge < -0.3 is 19.9 Å². The Morgan fingerprint density at radius 3 is 2.35 bits per heavy atom. The van der Waals surface area contributed by atoms with Crippen molar-refractivity contribution in [3.05, 3.63) is 0 Å². The zero-order valence-electron chi connectivity index (χ0n) is 15.3. The highest BCUT2D eigenvalue weighted by Crippen LogP contribution is 2.33. The second kappa shape index (κ2) is 9.00. The number of carbonyl (C=O) groups excluding carboxylic acids is 1. The maximum atomic E-state index is 13.1. The molecule has 5 nitrogen and oxygen atoms in total. The molecule has 0 bridgehead atoms. The molecule has 2 rings (SSSR count). The van der Waals surface area contributed by atoms with E-state index in [0.29, 0.717) is 12.5 Å². The first-order valence-corrected chi connectivity index (χ1v) is 9.36. The minimum atomic E-state index is -0.286. The van der Waals surface area contributed by atoms with Gasteiger partial charge in [-0.2, -0.15) is 0 Å². The molecule has 134 valence electrons. The van der Waals surface area contributed by atoms with E-state index in [-0.39, 0.29) is 5.41 Å². The molecule has 0 unspecified atom stereocenters. The standard InChI is InChI=1S/C18H35N3O2/c1-4-20(5-2)14-16-6-12-21(13-7-16)17(22)18(15-23-3)8-10-19-11-9-18/h16,19H,4-15H2,1-3H3. The summed E-state index contributed by atoms with van der Waals surface area (Å²) in [6.07, 6.45) is 4.09. The zero-order chi connectivity index (χ0) is 16.7. The number of nitrogens with one attached hydrogen (secondary N) is 1. The van der Waals surface area contributed by atoms with Gasteiger partial charge in [-0.05, 0) is 57.8 Å². The van der Waals surface area contributed by atoms with E-state index >= 15 is 0 Å². The van der Waals surface area contributed by atoms with Crippen LogP contribution in [-0.2, 0) is 9.53 Å². The third-order valence-electron chi connectivity index (χ3n) is 5.75. The SMILES string of the molecule is CCN(CC)CC1CCN(C(=O)C2(COC)CCNCC2)CC1. The van der Waals surface area contributed by atoms with E-state index in [0.717, 1.165) is 70.9 Å². The Morgan fingerprint density at radius 1 is 1.22 bits per heavy atom. The molecule has 0 aromatic carbocycles. The third kappa shape index (κ3) is 4.68. The highest BCUT2D eigenvalue weighted by molar-refractivity contribution is 5.83. The van der Waals surface area contributed by atoms with E-state index in [1.165, 1.54) is 6.54 Å². The molecule has 2 aliphatic rings. The van der Waals surface area contributed by atoms with Crippen LogP contribution in [0.1, 0.15) is 39.5 Å². The molecular weight excluding hydrogens is 290 g/mol. The number of ether oxygens (including phenoxy) is 1. The van der Waals surface area contributed by atoms with Gasteiger partial charge in [0, 0.05) is 26.7 Å². The highest BCUT2D eigenvalue weighted by atomic mass is 16.5. The van der Waals surface area contributed by atoms with Gasteiger partial charge >= 0.3 is 0 Å². The van der Waals surface area contributed by atoms with Crippen LogP contribution in [0.5, 0.6) is 0 Å². The maximum Gasteiger partial charge on any atom is 0.231 e. The van der Waals surface area contributed by atoms with Gasteiger partial charge in [-0.1, -0.05) is 13.8 Å². The van der Waals surface area contributed by atoms with E-state index in [1.807, 2.05) is 0 Å². The lowest BCUT2D eigenvalue weighted by atomic mass is 9.77. The molecule has 0 saturated carbocycles.